The fraction of sp³-hybridized carbons (Fsp3) is 0.222. The lowest BCUT2D eigenvalue weighted by Crippen LogP contribution is -2.30. The summed E-state index contributed by atoms with van der Waals surface area (Å²) >= 11 is 0. The van der Waals surface area contributed by atoms with Crippen molar-refractivity contribution in [3.63, 3.8) is 0 Å². The molecule has 0 bridgehead atoms. The molecule has 3 rings (SSSR count). The summed E-state index contributed by atoms with van der Waals surface area (Å²) < 4.78 is 3.10. The zero-order valence-electron chi connectivity index (χ0n) is 14.5. The topological polar surface area (TPSA) is 95.0 Å². The van der Waals surface area contributed by atoms with E-state index in [0.29, 0.717) is 5.69 Å². The number of aryl methyl sites for hydroxylation is 1. The van der Waals surface area contributed by atoms with Crippen molar-refractivity contribution in [2.24, 2.45) is 0 Å². The lowest BCUT2D eigenvalue weighted by atomic mass is 10.1. The van der Waals surface area contributed by atoms with E-state index < -0.39 is 4.92 Å². The van der Waals surface area contributed by atoms with E-state index in [0.717, 1.165) is 15.9 Å². The maximum absolute atomic E-state index is 12.2. The molecule has 1 amide bonds. The predicted octanol–water partition coefficient (Wildman–Crippen LogP) is 2.77. The number of nitro groups is 1. The summed E-state index contributed by atoms with van der Waals surface area (Å²) in [5.41, 5.74) is 2.47. The number of carbonyl (C=O) groups is 1. The number of nitrogens with one attached hydrogen (secondary N) is 1. The molecule has 26 heavy (non-hydrogen) atoms. The van der Waals surface area contributed by atoms with Gasteiger partial charge in [-0.15, -0.1) is 4.68 Å². The van der Waals surface area contributed by atoms with Gasteiger partial charge in [-0.05, 0) is 48.6 Å². The molecular formula is C18H19N5O3. The highest BCUT2D eigenvalue weighted by molar-refractivity contribution is 5.76. The van der Waals surface area contributed by atoms with Crippen LogP contribution >= 0.6 is 0 Å². The van der Waals surface area contributed by atoms with Gasteiger partial charge in [0.2, 0.25) is 0 Å². The SMILES string of the molecule is Cc1cc([N+](=O)[O-])n(CC(=O)NC(C)c2ccc(-n3cccc3)cc2)n1. The molecule has 1 N–H and O–H groups in total. The van der Waals surface area contributed by atoms with Crippen LogP contribution in [0.25, 0.3) is 5.69 Å². The van der Waals surface area contributed by atoms with Crippen LogP contribution in [0.5, 0.6) is 0 Å². The van der Waals surface area contributed by atoms with Crippen LogP contribution in [0, 0.1) is 17.0 Å². The fourth-order valence-corrected chi connectivity index (χ4v) is 2.74. The van der Waals surface area contributed by atoms with Crippen LogP contribution in [0.15, 0.2) is 54.9 Å². The van der Waals surface area contributed by atoms with Crippen LogP contribution < -0.4 is 5.32 Å². The number of carbonyl (C=O) groups excluding carboxylic acids is 1. The van der Waals surface area contributed by atoms with E-state index in [9.17, 15) is 14.9 Å². The Labute approximate surface area is 150 Å². The fourth-order valence-electron chi connectivity index (χ4n) is 2.74. The minimum absolute atomic E-state index is 0.193. The molecule has 2 aromatic heterocycles. The van der Waals surface area contributed by atoms with Crippen LogP contribution in [0.1, 0.15) is 24.2 Å². The van der Waals surface area contributed by atoms with Gasteiger partial charge in [0.05, 0.1) is 17.8 Å². The van der Waals surface area contributed by atoms with E-state index in [1.54, 1.807) is 6.92 Å². The molecule has 2 heterocycles. The molecule has 0 radical (unpaired) electrons. The standard InChI is InChI=1S/C18H19N5O3/c1-13-11-18(23(25)26)22(20-13)12-17(24)19-14(2)15-5-7-16(8-6-15)21-9-3-4-10-21/h3-11,14H,12H2,1-2H3,(H,19,24). The molecule has 0 fully saturated rings. The second kappa shape index (κ2) is 7.22. The van der Waals surface area contributed by atoms with Gasteiger partial charge in [0.15, 0.2) is 6.54 Å². The van der Waals surface area contributed by atoms with Gasteiger partial charge in [0, 0.05) is 18.1 Å². The molecule has 0 saturated heterocycles. The van der Waals surface area contributed by atoms with Crippen molar-refractivity contribution in [2.75, 3.05) is 0 Å². The van der Waals surface area contributed by atoms with Crippen LogP contribution in [-0.2, 0) is 11.3 Å². The Balaban J connectivity index is 1.65. The summed E-state index contributed by atoms with van der Waals surface area (Å²) in [6.45, 7) is 3.32. The second-order valence-corrected chi connectivity index (χ2v) is 6.03. The Morgan fingerprint density at radius 2 is 1.92 bits per heavy atom. The van der Waals surface area contributed by atoms with Crippen molar-refractivity contribution in [2.45, 2.75) is 26.4 Å². The monoisotopic (exact) mass is 353 g/mol. The smallest absolute Gasteiger partial charge is 0.345 e. The molecular weight excluding hydrogens is 334 g/mol. The number of hydrogen-bond acceptors (Lipinski definition) is 4. The highest BCUT2D eigenvalue weighted by atomic mass is 16.6. The van der Waals surface area contributed by atoms with Crippen molar-refractivity contribution >= 4 is 11.7 Å². The first-order valence-corrected chi connectivity index (χ1v) is 8.15. The third-order valence-corrected chi connectivity index (χ3v) is 4.03. The molecule has 1 atom stereocenters. The number of amides is 1. The molecule has 0 spiro atoms. The summed E-state index contributed by atoms with van der Waals surface area (Å²) in [6, 6.07) is 12.9. The molecule has 3 aromatic rings. The third kappa shape index (κ3) is 3.80. The summed E-state index contributed by atoms with van der Waals surface area (Å²) in [4.78, 5) is 22.7. The van der Waals surface area contributed by atoms with Crippen LogP contribution in [0.3, 0.4) is 0 Å². The molecule has 1 unspecified atom stereocenters. The molecule has 0 aliphatic rings. The lowest BCUT2D eigenvalue weighted by molar-refractivity contribution is -0.392. The Morgan fingerprint density at radius 3 is 2.54 bits per heavy atom. The molecule has 1 aromatic carbocycles. The minimum atomic E-state index is -0.545. The maximum Gasteiger partial charge on any atom is 0.345 e. The molecule has 8 heteroatoms. The molecule has 8 nitrogen and oxygen atoms in total. The highest BCUT2D eigenvalue weighted by Crippen LogP contribution is 2.17. The van der Waals surface area contributed by atoms with Crippen LogP contribution in [0.2, 0.25) is 0 Å². The van der Waals surface area contributed by atoms with E-state index in [1.165, 1.54) is 6.07 Å². The van der Waals surface area contributed by atoms with E-state index in [-0.39, 0.29) is 24.3 Å². The van der Waals surface area contributed by atoms with Gasteiger partial charge in [-0.1, -0.05) is 17.2 Å². The van der Waals surface area contributed by atoms with Crippen LogP contribution in [-0.4, -0.2) is 25.2 Å². The first kappa shape index (κ1) is 17.4. The second-order valence-electron chi connectivity index (χ2n) is 6.03. The van der Waals surface area contributed by atoms with Crippen molar-refractivity contribution in [3.05, 3.63) is 76.2 Å². The molecule has 0 saturated carbocycles. The predicted molar refractivity (Wildman–Crippen MR) is 95.9 cm³/mol. The average Bonchev–Trinajstić information content (AvgIpc) is 3.24. The van der Waals surface area contributed by atoms with E-state index in [1.807, 2.05) is 60.3 Å². The largest absolute Gasteiger partial charge is 0.358 e. The summed E-state index contributed by atoms with van der Waals surface area (Å²) in [6.07, 6.45) is 3.92. The van der Waals surface area contributed by atoms with Gasteiger partial charge in [-0.25, -0.2) is 0 Å². The van der Waals surface area contributed by atoms with Crippen molar-refractivity contribution < 1.29 is 9.72 Å². The van der Waals surface area contributed by atoms with Crippen molar-refractivity contribution in [1.82, 2.24) is 19.7 Å². The van der Waals surface area contributed by atoms with Gasteiger partial charge in [-0.2, -0.15) is 0 Å². The highest BCUT2D eigenvalue weighted by Gasteiger charge is 2.20. The summed E-state index contributed by atoms with van der Waals surface area (Å²) in [5.74, 6) is -0.528. The van der Waals surface area contributed by atoms with Gasteiger partial charge in [-0.3, -0.25) is 4.79 Å². The Morgan fingerprint density at radius 1 is 1.27 bits per heavy atom. The minimum Gasteiger partial charge on any atom is -0.358 e. The van der Waals surface area contributed by atoms with Crippen molar-refractivity contribution in [1.29, 1.82) is 0 Å². The zero-order chi connectivity index (χ0) is 18.7. The molecule has 134 valence electrons. The first-order valence-electron chi connectivity index (χ1n) is 8.15. The number of nitrogens with zero attached hydrogens (tertiary/aromatic N) is 4. The number of rotatable bonds is 6. The van der Waals surface area contributed by atoms with E-state index in [4.69, 9.17) is 0 Å². The van der Waals surface area contributed by atoms with Crippen molar-refractivity contribution in [3.8, 4) is 5.69 Å². The number of hydrogen-bond donors (Lipinski definition) is 1. The van der Waals surface area contributed by atoms with Crippen LogP contribution in [0.4, 0.5) is 5.82 Å². The maximum atomic E-state index is 12.2. The zero-order valence-corrected chi connectivity index (χ0v) is 14.5. The number of aromatic nitrogens is 3. The van der Waals surface area contributed by atoms with Gasteiger partial charge >= 0.3 is 5.82 Å². The first-order chi connectivity index (χ1) is 12.4. The summed E-state index contributed by atoms with van der Waals surface area (Å²) in [7, 11) is 0. The van der Waals surface area contributed by atoms with Gasteiger partial charge < -0.3 is 20.0 Å². The quantitative estimate of drug-likeness (QED) is 0.544. The van der Waals surface area contributed by atoms with E-state index >= 15 is 0 Å². The summed E-state index contributed by atoms with van der Waals surface area (Å²) in [5, 5.41) is 17.8. The van der Waals surface area contributed by atoms with Gasteiger partial charge in [0.1, 0.15) is 0 Å². The molecule has 0 aliphatic heterocycles. The van der Waals surface area contributed by atoms with Gasteiger partial charge in [0.25, 0.3) is 5.91 Å². The Hall–Kier alpha value is -3.42. The van der Waals surface area contributed by atoms with E-state index in [2.05, 4.69) is 10.4 Å². The lowest BCUT2D eigenvalue weighted by Gasteiger charge is -2.14. The third-order valence-electron chi connectivity index (χ3n) is 4.03. The molecule has 0 aliphatic carbocycles. The normalized spacial score (nSPS) is 11.9. The average molecular weight is 353 g/mol. The number of benzene rings is 1. The Bertz CT molecular complexity index is 913. The Kier molecular flexibility index (Phi) is 4.83.